The van der Waals surface area contributed by atoms with E-state index in [0.717, 1.165) is 36.3 Å². The van der Waals surface area contributed by atoms with E-state index in [1.807, 2.05) is 54.4 Å². The first-order valence-electron chi connectivity index (χ1n) is 11.3. The first kappa shape index (κ1) is 23.4. The Morgan fingerprint density at radius 1 is 1.24 bits per heavy atom. The van der Waals surface area contributed by atoms with E-state index < -0.39 is 5.97 Å². The molecule has 176 valence electrons. The molecule has 8 nitrogen and oxygen atoms in total. The van der Waals surface area contributed by atoms with Crippen LogP contribution in [0.2, 0.25) is 0 Å². The Bertz CT molecular complexity index is 1160. The number of aromatic carboxylic acids is 1. The van der Waals surface area contributed by atoms with Crippen molar-refractivity contribution in [3.8, 4) is 11.1 Å². The number of methoxy groups -OCH3 is 1. The van der Waals surface area contributed by atoms with Gasteiger partial charge in [-0.3, -0.25) is 0 Å². The van der Waals surface area contributed by atoms with Crippen LogP contribution in [-0.4, -0.2) is 54.1 Å². The molecule has 1 aliphatic rings. The zero-order valence-electron chi connectivity index (χ0n) is 19.4. The summed E-state index contributed by atoms with van der Waals surface area (Å²) < 4.78 is 5.14. The molecule has 0 unspecified atom stereocenters. The highest BCUT2D eigenvalue weighted by Crippen LogP contribution is 2.37. The first-order chi connectivity index (χ1) is 16.5. The number of pyridine rings is 2. The van der Waals surface area contributed by atoms with Crippen molar-refractivity contribution in [2.45, 2.75) is 19.3 Å². The molecule has 1 aliphatic carbocycles. The molecule has 1 fully saturated rings. The van der Waals surface area contributed by atoms with Crippen molar-refractivity contribution in [1.29, 1.82) is 5.41 Å². The fraction of sp³-hybridized carbons (Fsp3) is 0.308. The summed E-state index contributed by atoms with van der Waals surface area (Å²) in [6.07, 6.45) is 4.72. The molecule has 2 aromatic heterocycles. The molecule has 0 amide bonds. The molecule has 0 atom stereocenters. The second-order valence-electron chi connectivity index (χ2n) is 8.44. The second-order valence-corrected chi connectivity index (χ2v) is 8.44. The summed E-state index contributed by atoms with van der Waals surface area (Å²) in [4.78, 5) is 22.9. The van der Waals surface area contributed by atoms with Gasteiger partial charge in [-0.1, -0.05) is 24.6 Å². The highest BCUT2D eigenvalue weighted by Gasteiger charge is 2.29. The SMILES string of the molecule is COCCN(C)c1ccc(-c2cc(C(=O)O)nc(Nc3ccccc3)c2C(=N)C2CCC2)cn1. The summed E-state index contributed by atoms with van der Waals surface area (Å²) in [5, 5.41) is 22.0. The number of carboxylic acids is 1. The number of rotatable bonds is 10. The minimum atomic E-state index is -1.12. The van der Waals surface area contributed by atoms with Crippen LogP contribution < -0.4 is 10.2 Å². The van der Waals surface area contributed by atoms with Gasteiger partial charge in [0, 0.05) is 55.3 Å². The van der Waals surface area contributed by atoms with Gasteiger partial charge in [0.1, 0.15) is 11.6 Å². The van der Waals surface area contributed by atoms with Crippen LogP contribution >= 0.6 is 0 Å². The van der Waals surface area contributed by atoms with Crippen molar-refractivity contribution in [3.05, 3.63) is 66.0 Å². The fourth-order valence-electron chi connectivity index (χ4n) is 3.92. The Hall–Kier alpha value is -3.78. The topological polar surface area (TPSA) is 111 Å². The number of benzene rings is 1. The highest BCUT2D eigenvalue weighted by atomic mass is 16.5. The van der Waals surface area contributed by atoms with E-state index in [9.17, 15) is 9.90 Å². The predicted molar refractivity (Wildman–Crippen MR) is 133 cm³/mol. The normalized spacial score (nSPS) is 13.2. The molecular weight excluding hydrogens is 430 g/mol. The van der Waals surface area contributed by atoms with Crippen LogP contribution in [0.5, 0.6) is 0 Å². The number of para-hydroxylation sites is 1. The van der Waals surface area contributed by atoms with E-state index in [-0.39, 0.29) is 11.6 Å². The molecule has 1 saturated carbocycles. The Labute approximate surface area is 199 Å². The minimum Gasteiger partial charge on any atom is -0.477 e. The number of nitrogens with zero attached hydrogens (tertiary/aromatic N) is 3. The number of carboxylic acid groups (broad SMARTS) is 1. The zero-order chi connectivity index (χ0) is 24.1. The van der Waals surface area contributed by atoms with Crippen LogP contribution in [0, 0.1) is 11.3 Å². The maximum Gasteiger partial charge on any atom is 0.354 e. The van der Waals surface area contributed by atoms with Crippen molar-refractivity contribution < 1.29 is 14.6 Å². The Morgan fingerprint density at radius 3 is 2.59 bits per heavy atom. The molecule has 3 aromatic rings. The Balaban J connectivity index is 1.81. The molecule has 34 heavy (non-hydrogen) atoms. The van der Waals surface area contributed by atoms with Crippen molar-refractivity contribution in [2.24, 2.45) is 5.92 Å². The fourth-order valence-corrected chi connectivity index (χ4v) is 3.92. The number of hydrogen-bond acceptors (Lipinski definition) is 7. The largest absolute Gasteiger partial charge is 0.477 e. The van der Waals surface area contributed by atoms with E-state index >= 15 is 0 Å². The molecule has 0 bridgehead atoms. The standard InChI is InChI=1S/C26H29N5O3/c1-31(13-14-34-2)22-12-11-18(16-28-22)20-15-21(26(32)33)30-25(29-19-9-4-3-5-10-19)23(20)24(27)17-7-6-8-17/h3-5,9-12,15-17,27H,6-8,13-14H2,1-2H3,(H,29,30)(H,32,33). The van der Waals surface area contributed by atoms with Crippen LogP contribution in [-0.2, 0) is 4.74 Å². The maximum atomic E-state index is 11.9. The number of carbonyl (C=O) groups is 1. The van der Waals surface area contributed by atoms with Gasteiger partial charge in [0.15, 0.2) is 5.69 Å². The number of ether oxygens (including phenoxy) is 1. The second kappa shape index (κ2) is 10.4. The van der Waals surface area contributed by atoms with Crippen LogP contribution in [0.15, 0.2) is 54.7 Å². The van der Waals surface area contributed by atoms with E-state index in [2.05, 4.69) is 15.3 Å². The van der Waals surface area contributed by atoms with E-state index in [4.69, 9.17) is 10.1 Å². The molecule has 0 radical (unpaired) electrons. The molecule has 0 aliphatic heterocycles. The molecule has 0 saturated heterocycles. The summed E-state index contributed by atoms with van der Waals surface area (Å²) >= 11 is 0. The van der Waals surface area contributed by atoms with Crippen molar-refractivity contribution >= 4 is 29.0 Å². The van der Waals surface area contributed by atoms with Gasteiger partial charge in [0.2, 0.25) is 0 Å². The van der Waals surface area contributed by atoms with Gasteiger partial charge in [-0.25, -0.2) is 14.8 Å². The molecule has 3 N–H and O–H groups in total. The van der Waals surface area contributed by atoms with Crippen LogP contribution in [0.4, 0.5) is 17.3 Å². The van der Waals surface area contributed by atoms with E-state index in [1.165, 1.54) is 0 Å². The molecular formula is C26H29N5O3. The van der Waals surface area contributed by atoms with Crippen molar-refractivity contribution in [3.63, 3.8) is 0 Å². The van der Waals surface area contributed by atoms with Gasteiger partial charge in [-0.2, -0.15) is 0 Å². The predicted octanol–water partition coefficient (Wildman–Crippen LogP) is 4.84. The number of anilines is 3. The lowest BCUT2D eigenvalue weighted by molar-refractivity contribution is 0.0690. The van der Waals surface area contributed by atoms with Gasteiger partial charge in [-0.05, 0) is 48.7 Å². The first-order valence-corrected chi connectivity index (χ1v) is 11.3. The van der Waals surface area contributed by atoms with Crippen molar-refractivity contribution in [1.82, 2.24) is 9.97 Å². The molecule has 2 heterocycles. The summed E-state index contributed by atoms with van der Waals surface area (Å²) in [5.74, 6) is 0.175. The maximum absolute atomic E-state index is 11.9. The highest BCUT2D eigenvalue weighted by molar-refractivity contribution is 6.10. The van der Waals surface area contributed by atoms with Gasteiger partial charge >= 0.3 is 5.97 Å². The number of hydrogen-bond donors (Lipinski definition) is 3. The lowest BCUT2D eigenvalue weighted by Crippen LogP contribution is -2.24. The zero-order valence-corrected chi connectivity index (χ0v) is 19.4. The smallest absolute Gasteiger partial charge is 0.354 e. The van der Waals surface area contributed by atoms with Gasteiger partial charge in [-0.15, -0.1) is 0 Å². The van der Waals surface area contributed by atoms with Crippen molar-refractivity contribution in [2.75, 3.05) is 37.5 Å². The lowest BCUT2D eigenvalue weighted by Gasteiger charge is -2.28. The van der Waals surface area contributed by atoms with Crippen LogP contribution in [0.3, 0.4) is 0 Å². The van der Waals surface area contributed by atoms with Crippen LogP contribution in [0.1, 0.15) is 35.3 Å². The monoisotopic (exact) mass is 459 g/mol. The lowest BCUT2D eigenvalue weighted by atomic mass is 9.78. The third-order valence-corrected chi connectivity index (χ3v) is 6.14. The Morgan fingerprint density at radius 2 is 2.00 bits per heavy atom. The molecule has 1 aromatic carbocycles. The van der Waals surface area contributed by atoms with E-state index in [0.29, 0.717) is 35.8 Å². The van der Waals surface area contributed by atoms with Crippen LogP contribution in [0.25, 0.3) is 11.1 Å². The minimum absolute atomic E-state index is 0.0834. The summed E-state index contributed by atoms with van der Waals surface area (Å²) in [6, 6.07) is 14.8. The Kier molecular flexibility index (Phi) is 7.18. The summed E-state index contributed by atoms with van der Waals surface area (Å²) in [5.41, 5.74) is 3.18. The third kappa shape index (κ3) is 5.07. The average molecular weight is 460 g/mol. The molecule has 8 heteroatoms. The summed E-state index contributed by atoms with van der Waals surface area (Å²) in [7, 11) is 3.60. The molecule has 0 spiro atoms. The quantitative estimate of drug-likeness (QED) is 0.372. The van der Waals surface area contributed by atoms with E-state index in [1.54, 1.807) is 19.4 Å². The number of likely N-dealkylation sites (N-methyl/N-ethyl adjacent to an activating group) is 1. The molecule has 4 rings (SSSR count). The number of aromatic nitrogens is 2. The van der Waals surface area contributed by atoms with Gasteiger partial charge in [0.05, 0.1) is 6.61 Å². The number of nitrogens with one attached hydrogen (secondary N) is 2. The van der Waals surface area contributed by atoms with Gasteiger partial charge in [0.25, 0.3) is 0 Å². The average Bonchev–Trinajstić information content (AvgIpc) is 2.81. The summed E-state index contributed by atoms with van der Waals surface area (Å²) in [6.45, 7) is 1.29. The third-order valence-electron chi connectivity index (χ3n) is 6.14. The van der Waals surface area contributed by atoms with Gasteiger partial charge < -0.3 is 25.5 Å².